The van der Waals surface area contributed by atoms with Crippen molar-refractivity contribution in [2.24, 2.45) is 0 Å². The lowest BCUT2D eigenvalue weighted by molar-refractivity contribution is 1.18. The molecule has 0 saturated carbocycles. The summed E-state index contributed by atoms with van der Waals surface area (Å²) in [7, 11) is -1.14. The highest BCUT2D eigenvalue weighted by Gasteiger charge is 2.20. The van der Waals surface area contributed by atoms with Gasteiger partial charge in [-0.25, -0.2) is 0 Å². The van der Waals surface area contributed by atoms with Crippen molar-refractivity contribution in [3.05, 3.63) is 30.3 Å². The minimum atomic E-state index is -1.14. The summed E-state index contributed by atoms with van der Waals surface area (Å²) in [5, 5.41) is 9.21. The van der Waals surface area contributed by atoms with Crippen LogP contribution in [0.2, 0.25) is 25.7 Å². The number of hydrogen-bond donors (Lipinski definition) is 0. The van der Waals surface area contributed by atoms with Crippen molar-refractivity contribution in [1.29, 1.82) is 5.26 Å². The van der Waals surface area contributed by atoms with Gasteiger partial charge in [0.2, 0.25) is 0 Å². The summed E-state index contributed by atoms with van der Waals surface area (Å²) in [5.41, 5.74) is 0. The Balaban J connectivity index is 2.60. The van der Waals surface area contributed by atoms with E-state index in [1.54, 1.807) is 11.8 Å². The van der Waals surface area contributed by atoms with Crippen LogP contribution in [0.15, 0.2) is 35.2 Å². The van der Waals surface area contributed by atoms with E-state index in [2.05, 4.69) is 37.8 Å². The topological polar surface area (TPSA) is 23.8 Å². The molecular formula is C12H17NSSi. The Hall–Kier alpha value is -0.723. The van der Waals surface area contributed by atoms with Crippen LogP contribution in [0.1, 0.15) is 0 Å². The van der Waals surface area contributed by atoms with E-state index in [0.29, 0.717) is 0 Å². The molecule has 0 heterocycles. The van der Waals surface area contributed by atoms with E-state index in [1.165, 1.54) is 4.90 Å². The lowest BCUT2D eigenvalue weighted by Gasteiger charge is -2.19. The molecule has 0 amide bonds. The highest BCUT2D eigenvalue weighted by Crippen LogP contribution is 2.28. The molecule has 0 fully saturated rings. The van der Waals surface area contributed by atoms with E-state index < -0.39 is 8.07 Å². The Bertz CT molecular complexity index is 337. The van der Waals surface area contributed by atoms with Crippen LogP contribution in [-0.4, -0.2) is 13.3 Å². The number of hydrogen-bond acceptors (Lipinski definition) is 2. The first kappa shape index (κ1) is 12.3. The molecule has 80 valence electrons. The third-order valence-corrected chi connectivity index (χ3v) is 4.99. The average Bonchev–Trinajstić information content (AvgIpc) is 2.16. The Kier molecular flexibility index (Phi) is 4.43. The third-order valence-electron chi connectivity index (χ3n) is 1.96. The van der Waals surface area contributed by atoms with Crippen molar-refractivity contribution in [2.75, 3.05) is 0 Å². The van der Waals surface area contributed by atoms with E-state index in [9.17, 15) is 0 Å². The maximum Gasteiger partial charge on any atom is 0.0940 e. The van der Waals surface area contributed by atoms with Gasteiger partial charge in [0, 0.05) is 13.0 Å². The van der Waals surface area contributed by atoms with Crippen molar-refractivity contribution in [3.63, 3.8) is 0 Å². The van der Waals surface area contributed by atoms with Crippen LogP contribution in [0.4, 0.5) is 0 Å². The molecule has 1 aromatic carbocycles. The van der Waals surface area contributed by atoms with Crippen LogP contribution in [0.25, 0.3) is 0 Å². The zero-order valence-corrected chi connectivity index (χ0v) is 11.3. The predicted molar refractivity (Wildman–Crippen MR) is 69.9 cm³/mol. The Morgan fingerprint density at radius 3 is 2.33 bits per heavy atom. The number of thioether (sulfide) groups is 1. The summed E-state index contributed by atoms with van der Waals surface area (Å²) in [6.07, 6.45) is 0. The van der Waals surface area contributed by atoms with Crippen molar-refractivity contribution in [2.45, 2.75) is 35.8 Å². The molecule has 1 unspecified atom stereocenters. The SMILES string of the molecule is C[Si](C)(C)CC(C#N)Sc1ccccc1. The largest absolute Gasteiger partial charge is 0.197 e. The van der Waals surface area contributed by atoms with Crippen molar-refractivity contribution in [3.8, 4) is 6.07 Å². The van der Waals surface area contributed by atoms with Gasteiger partial charge < -0.3 is 0 Å². The van der Waals surface area contributed by atoms with Gasteiger partial charge >= 0.3 is 0 Å². The fourth-order valence-corrected chi connectivity index (χ4v) is 5.07. The fourth-order valence-electron chi connectivity index (χ4n) is 1.33. The zero-order valence-electron chi connectivity index (χ0n) is 9.53. The molecule has 15 heavy (non-hydrogen) atoms. The first-order valence-electron chi connectivity index (χ1n) is 5.12. The molecule has 0 aliphatic rings. The molecule has 0 aromatic heterocycles. The third kappa shape index (κ3) is 5.05. The van der Waals surface area contributed by atoms with Gasteiger partial charge in [0.25, 0.3) is 0 Å². The van der Waals surface area contributed by atoms with E-state index >= 15 is 0 Å². The second-order valence-corrected chi connectivity index (χ2v) is 11.6. The normalized spacial score (nSPS) is 13.2. The number of benzene rings is 1. The molecule has 1 nitrogen and oxygen atoms in total. The molecule has 3 heteroatoms. The van der Waals surface area contributed by atoms with Gasteiger partial charge in [-0.15, -0.1) is 11.8 Å². The summed E-state index contributed by atoms with van der Waals surface area (Å²) in [5.74, 6) is 0. The van der Waals surface area contributed by atoms with Crippen LogP contribution >= 0.6 is 11.8 Å². The number of nitriles is 1. The quantitative estimate of drug-likeness (QED) is 0.581. The van der Waals surface area contributed by atoms with Crippen LogP contribution in [-0.2, 0) is 0 Å². The molecule has 1 aromatic rings. The molecule has 1 rings (SSSR count). The molecule has 0 N–H and O–H groups in total. The number of nitrogens with zero attached hydrogens (tertiary/aromatic N) is 1. The maximum atomic E-state index is 9.10. The summed E-state index contributed by atoms with van der Waals surface area (Å²) < 4.78 is 0. The van der Waals surface area contributed by atoms with Crippen LogP contribution in [0, 0.1) is 11.3 Å². The standard InChI is InChI=1S/C12H17NSSi/c1-15(2,3)10-12(9-13)14-11-7-5-4-6-8-11/h4-8,12H,10H2,1-3H3. The molecule has 0 spiro atoms. The van der Waals surface area contributed by atoms with Crippen molar-refractivity contribution < 1.29 is 0 Å². The highest BCUT2D eigenvalue weighted by atomic mass is 32.2. The van der Waals surface area contributed by atoms with E-state index in [1.807, 2.05) is 18.2 Å². The van der Waals surface area contributed by atoms with E-state index in [-0.39, 0.29) is 5.25 Å². The van der Waals surface area contributed by atoms with Gasteiger partial charge in [-0.1, -0.05) is 37.8 Å². The molecule has 0 radical (unpaired) electrons. The van der Waals surface area contributed by atoms with Crippen molar-refractivity contribution in [1.82, 2.24) is 0 Å². The first-order valence-corrected chi connectivity index (χ1v) is 9.71. The van der Waals surface area contributed by atoms with Gasteiger partial charge in [-0.05, 0) is 18.2 Å². The second kappa shape index (κ2) is 5.39. The maximum absolute atomic E-state index is 9.10. The molecular weight excluding hydrogens is 218 g/mol. The average molecular weight is 235 g/mol. The Labute approximate surface area is 97.5 Å². The molecule has 0 bridgehead atoms. The molecule has 0 aliphatic carbocycles. The van der Waals surface area contributed by atoms with E-state index in [0.717, 1.165) is 6.04 Å². The van der Waals surface area contributed by atoms with Crippen LogP contribution in [0.3, 0.4) is 0 Å². The molecule has 0 saturated heterocycles. The van der Waals surface area contributed by atoms with Crippen LogP contribution < -0.4 is 0 Å². The van der Waals surface area contributed by atoms with Gasteiger partial charge in [0.15, 0.2) is 0 Å². The summed E-state index contributed by atoms with van der Waals surface area (Å²) in [6, 6.07) is 13.6. The highest BCUT2D eigenvalue weighted by molar-refractivity contribution is 8.00. The smallest absolute Gasteiger partial charge is 0.0940 e. The monoisotopic (exact) mass is 235 g/mol. The predicted octanol–water partition coefficient (Wildman–Crippen LogP) is 4.01. The van der Waals surface area contributed by atoms with Gasteiger partial charge in [0.1, 0.15) is 0 Å². The fraction of sp³-hybridized carbons (Fsp3) is 0.417. The second-order valence-electron chi connectivity index (χ2n) is 4.81. The van der Waals surface area contributed by atoms with Gasteiger partial charge in [-0.2, -0.15) is 5.26 Å². The zero-order chi connectivity index (χ0) is 11.3. The number of rotatable bonds is 4. The van der Waals surface area contributed by atoms with Gasteiger partial charge in [-0.3, -0.25) is 0 Å². The van der Waals surface area contributed by atoms with Crippen LogP contribution in [0.5, 0.6) is 0 Å². The lowest BCUT2D eigenvalue weighted by Crippen LogP contribution is -2.24. The summed E-state index contributed by atoms with van der Waals surface area (Å²) >= 11 is 1.69. The minimum absolute atomic E-state index is 0.110. The van der Waals surface area contributed by atoms with E-state index in [4.69, 9.17) is 5.26 Å². The Morgan fingerprint density at radius 2 is 1.87 bits per heavy atom. The lowest BCUT2D eigenvalue weighted by atomic mass is 10.4. The van der Waals surface area contributed by atoms with Gasteiger partial charge in [0.05, 0.1) is 11.3 Å². The van der Waals surface area contributed by atoms with Crippen molar-refractivity contribution >= 4 is 19.8 Å². The summed E-state index contributed by atoms with van der Waals surface area (Å²) in [6.45, 7) is 6.93. The first-order chi connectivity index (χ1) is 7.01. The molecule has 0 aliphatic heterocycles. The Morgan fingerprint density at radius 1 is 1.27 bits per heavy atom. The summed E-state index contributed by atoms with van der Waals surface area (Å²) in [4.78, 5) is 1.20. The molecule has 1 atom stereocenters. The minimum Gasteiger partial charge on any atom is -0.197 e.